The van der Waals surface area contributed by atoms with Crippen LogP contribution in [0.1, 0.15) is 0 Å². The molecule has 0 amide bonds. The summed E-state index contributed by atoms with van der Waals surface area (Å²) in [5.41, 5.74) is 0. The van der Waals surface area contributed by atoms with Crippen molar-refractivity contribution in [2.75, 3.05) is 14.1 Å². The molecule has 5 heteroatoms. The molecule has 2 rings (SSSR count). The van der Waals surface area contributed by atoms with E-state index in [1.807, 2.05) is 0 Å². The van der Waals surface area contributed by atoms with Gasteiger partial charge in [0.15, 0.2) is 0 Å². The van der Waals surface area contributed by atoms with Gasteiger partial charge in [-0.25, -0.2) is 0 Å². The van der Waals surface area contributed by atoms with E-state index in [2.05, 4.69) is 9.98 Å². The van der Waals surface area contributed by atoms with Crippen molar-refractivity contribution in [1.29, 1.82) is 0 Å². The van der Waals surface area contributed by atoms with Gasteiger partial charge in [0.25, 0.3) is 0 Å². The number of rotatable bonds is 0. The van der Waals surface area contributed by atoms with Gasteiger partial charge in [-0.05, 0) is 12.1 Å². The topological polar surface area (TPSA) is 70.8 Å². The molecule has 0 aromatic heterocycles. The van der Waals surface area contributed by atoms with E-state index < -0.39 is 0 Å². The Balaban J connectivity index is 0.000000364. The normalized spacial score (nSPS) is 11.0. The van der Waals surface area contributed by atoms with Crippen LogP contribution in [0.3, 0.4) is 0 Å². The van der Waals surface area contributed by atoms with E-state index in [4.69, 9.17) is 0 Å². The summed E-state index contributed by atoms with van der Waals surface area (Å²) in [6.45, 7) is 0. The number of hydrogen-bond acceptors (Lipinski definition) is 4. The zero-order valence-corrected chi connectivity index (χ0v) is 12.7. The van der Waals surface area contributed by atoms with Crippen LogP contribution in [0.5, 0.6) is 11.5 Å². The van der Waals surface area contributed by atoms with E-state index in [-0.39, 0.29) is 28.6 Å². The molecule has 0 heterocycles. The SMILES string of the molecule is CN=c1cccccc1[O-].CN=c1cccccc1[O-].[Cu+2]. The molecule has 0 aliphatic heterocycles. The van der Waals surface area contributed by atoms with Gasteiger partial charge >= 0.3 is 17.1 Å². The molecule has 0 unspecified atom stereocenters. The van der Waals surface area contributed by atoms with Gasteiger partial charge in [0.2, 0.25) is 0 Å². The minimum atomic E-state index is -0.0347. The first-order valence-corrected chi connectivity index (χ1v) is 6.07. The second-order valence-corrected chi connectivity index (χ2v) is 3.77. The molecule has 2 aromatic carbocycles. The number of nitrogens with zero attached hydrogens (tertiary/aromatic N) is 2. The summed E-state index contributed by atoms with van der Waals surface area (Å²) in [5.74, 6) is -0.0694. The summed E-state index contributed by atoms with van der Waals surface area (Å²) in [6.07, 6.45) is 0. The van der Waals surface area contributed by atoms with Crippen LogP contribution in [-0.4, -0.2) is 14.1 Å². The van der Waals surface area contributed by atoms with Crippen molar-refractivity contribution < 1.29 is 27.3 Å². The second-order valence-electron chi connectivity index (χ2n) is 3.77. The summed E-state index contributed by atoms with van der Waals surface area (Å²) in [4.78, 5) is 7.60. The Kier molecular flexibility index (Phi) is 9.59. The molecule has 0 N–H and O–H groups in total. The predicted octanol–water partition coefficient (Wildman–Crippen LogP) is 0.579. The standard InChI is InChI=1S/2C8H9NO.Cu/c2*1-9-7-5-3-2-4-6-8(7)10;/h2*2-6H,1H3,(H,9,10);/q;;+2/p-2. The maximum atomic E-state index is 11.0. The minimum Gasteiger partial charge on any atom is -0.871 e. The van der Waals surface area contributed by atoms with Gasteiger partial charge in [-0.2, -0.15) is 0 Å². The van der Waals surface area contributed by atoms with Crippen LogP contribution >= 0.6 is 0 Å². The Morgan fingerprint density at radius 1 is 0.619 bits per heavy atom. The van der Waals surface area contributed by atoms with Crippen LogP contribution in [0.4, 0.5) is 0 Å². The van der Waals surface area contributed by atoms with Crippen molar-refractivity contribution in [3.8, 4) is 11.5 Å². The summed E-state index contributed by atoms with van der Waals surface area (Å²) in [5, 5.41) is 22.9. The van der Waals surface area contributed by atoms with E-state index in [0.717, 1.165) is 0 Å². The molecular weight excluding hydrogens is 316 g/mol. The molecule has 0 fully saturated rings. The first-order chi connectivity index (χ1) is 9.69. The Hall–Kier alpha value is -2.10. The maximum Gasteiger partial charge on any atom is 2.00 e. The Bertz CT molecular complexity index is 627. The third-order valence-electron chi connectivity index (χ3n) is 2.43. The first kappa shape index (κ1) is 18.9. The zero-order chi connectivity index (χ0) is 14.8. The molecule has 0 aliphatic rings. The van der Waals surface area contributed by atoms with Crippen LogP contribution < -0.4 is 20.9 Å². The van der Waals surface area contributed by atoms with Gasteiger partial charge in [0.1, 0.15) is 0 Å². The maximum absolute atomic E-state index is 11.0. The van der Waals surface area contributed by atoms with Crippen LogP contribution in [0.2, 0.25) is 0 Å². The zero-order valence-electron chi connectivity index (χ0n) is 11.8. The van der Waals surface area contributed by atoms with Crippen molar-refractivity contribution in [3.05, 3.63) is 71.4 Å². The molecule has 0 saturated heterocycles. The van der Waals surface area contributed by atoms with Crippen LogP contribution in [-0.2, 0) is 17.1 Å². The number of hydrogen-bond donors (Lipinski definition) is 0. The molecule has 0 aliphatic carbocycles. The Morgan fingerprint density at radius 3 is 1.29 bits per heavy atom. The van der Waals surface area contributed by atoms with Gasteiger partial charge in [-0.15, -0.1) is 0 Å². The monoisotopic (exact) mass is 331 g/mol. The van der Waals surface area contributed by atoms with Gasteiger partial charge in [-0.1, -0.05) is 60.0 Å². The molecule has 0 saturated carbocycles. The Morgan fingerprint density at radius 2 is 0.952 bits per heavy atom. The molecular formula is C16H16CuN2O2. The summed E-state index contributed by atoms with van der Waals surface area (Å²) < 4.78 is 0. The molecule has 113 valence electrons. The van der Waals surface area contributed by atoms with Crippen molar-refractivity contribution >= 4 is 0 Å². The third kappa shape index (κ3) is 6.75. The first-order valence-electron chi connectivity index (χ1n) is 6.07. The molecule has 0 spiro atoms. The largest absolute Gasteiger partial charge is 2.00 e. The summed E-state index contributed by atoms with van der Waals surface area (Å²) in [7, 11) is 3.22. The van der Waals surface area contributed by atoms with Crippen molar-refractivity contribution in [1.82, 2.24) is 0 Å². The molecule has 0 bridgehead atoms. The van der Waals surface area contributed by atoms with Gasteiger partial charge in [-0.3, -0.25) is 9.98 Å². The van der Waals surface area contributed by atoms with Gasteiger partial charge < -0.3 is 10.2 Å². The quantitative estimate of drug-likeness (QED) is 0.662. The fourth-order valence-corrected chi connectivity index (χ4v) is 1.41. The van der Waals surface area contributed by atoms with E-state index in [1.165, 1.54) is 12.1 Å². The van der Waals surface area contributed by atoms with Crippen molar-refractivity contribution in [2.45, 2.75) is 0 Å². The van der Waals surface area contributed by atoms with E-state index in [9.17, 15) is 10.2 Å². The van der Waals surface area contributed by atoms with Crippen LogP contribution in [0.15, 0.2) is 70.6 Å². The smallest absolute Gasteiger partial charge is 0.871 e. The molecule has 0 atom stereocenters. The van der Waals surface area contributed by atoms with E-state index in [0.29, 0.717) is 10.7 Å². The summed E-state index contributed by atoms with van der Waals surface area (Å²) in [6, 6.07) is 17.0. The van der Waals surface area contributed by atoms with E-state index in [1.54, 1.807) is 62.6 Å². The Labute approximate surface area is 134 Å². The van der Waals surface area contributed by atoms with Crippen LogP contribution in [0, 0.1) is 0 Å². The van der Waals surface area contributed by atoms with Gasteiger partial charge in [0, 0.05) is 24.8 Å². The van der Waals surface area contributed by atoms with Gasteiger partial charge in [0.05, 0.1) is 0 Å². The molecule has 4 nitrogen and oxygen atoms in total. The van der Waals surface area contributed by atoms with Crippen LogP contribution in [0.25, 0.3) is 0 Å². The minimum absolute atomic E-state index is 0. The van der Waals surface area contributed by atoms with Crippen molar-refractivity contribution in [3.63, 3.8) is 0 Å². The molecule has 21 heavy (non-hydrogen) atoms. The average Bonchev–Trinajstić information content (AvgIpc) is 2.79. The van der Waals surface area contributed by atoms with E-state index >= 15 is 0 Å². The average molecular weight is 332 g/mol. The fourth-order valence-electron chi connectivity index (χ4n) is 1.41. The molecule has 1 radical (unpaired) electrons. The summed E-state index contributed by atoms with van der Waals surface area (Å²) >= 11 is 0. The van der Waals surface area contributed by atoms with Crippen molar-refractivity contribution in [2.24, 2.45) is 9.98 Å². The molecule has 2 aromatic rings. The predicted molar refractivity (Wildman–Crippen MR) is 74.8 cm³/mol. The fraction of sp³-hybridized carbons (Fsp3) is 0.125. The second kappa shape index (κ2) is 10.7. The third-order valence-corrected chi connectivity index (χ3v) is 2.43.